The predicted molar refractivity (Wildman–Crippen MR) is 79.3 cm³/mol. The lowest BCUT2D eigenvalue weighted by molar-refractivity contribution is -0.143. The highest BCUT2D eigenvalue weighted by molar-refractivity contribution is 14.1. The van der Waals surface area contributed by atoms with Gasteiger partial charge >= 0.3 is 5.97 Å². The Kier molecular flexibility index (Phi) is 5.68. The highest BCUT2D eigenvalue weighted by Gasteiger charge is 2.26. The molecule has 0 saturated heterocycles. The zero-order chi connectivity index (χ0) is 12.4. The van der Waals surface area contributed by atoms with Gasteiger partial charge in [-0.2, -0.15) is 0 Å². The number of methoxy groups -OCH3 is 2. The summed E-state index contributed by atoms with van der Waals surface area (Å²) in [6, 6.07) is 3.73. The molecular formula is C12H15ClINO3. The molecule has 0 aromatic heterocycles. The van der Waals surface area contributed by atoms with Crippen LogP contribution in [0.3, 0.4) is 0 Å². The highest BCUT2D eigenvalue weighted by atomic mass is 127. The maximum absolute atomic E-state index is 11.5. The Morgan fingerprint density at radius 2 is 2.17 bits per heavy atom. The van der Waals surface area contributed by atoms with Crippen molar-refractivity contribution in [2.24, 2.45) is 0 Å². The van der Waals surface area contributed by atoms with Gasteiger partial charge in [0.2, 0.25) is 0 Å². The number of nitrogens with one attached hydrogen (secondary N) is 1. The molecule has 4 nitrogen and oxygen atoms in total. The second kappa shape index (κ2) is 6.58. The van der Waals surface area contributed by atoms with E-state index in [-0.39, 0.29) is 24.4 Å². The Morgan fingerprint density at radius 3 is 2.78 bits per heavy atom. The van der Waals surface area contributed by atoms with Gasteiger partial charge in [0.1, 0.15) is 11.8 Å². The van der Waals surface area contributed by atoms with Crippen molar-refractivity contribution in [3.63, 3.8) is 0 Å². The molecule has 100 valence electrons. The quantitative estimate of drug-likeness (QED) is 0.626. The summed E-state index contributed by atoms with van der Waals surface area (Å²) < 4.78 is 11.1. The van der Waals surface area contributed by atoms with Gasteiger partial charge in [-0.15, -0.1) is 12.4 Å². The van der Waals surface area contributed by atoms with E-state index in [1.54, 1.807) is 7.11 Å². The van der Waals surface area contributed by atoms with Crippen LogP contribution in [0.2, 0.25) is 0 Å². The summed E-state index contributed by atoms with van der Waals surface area (Å²) in [5, 5.41) is 3.18. The minimum Gasteiger partial charge on any atom is -0.496 e. The molecule has 1 aromatic rings. The average molecular weight is 384 g/mol. The number of hydrogen-bond acceptors (Lipinski definition) is 4. The van der Waals surface area contributed by atoms with Crippen LogP contribution in [0.5, 0.6) is 5.75 Å². The van der Waals surface area contributed by atoms with E-state index in [0.29, 0.717) is 13.0 Å². The molecule has 1 aliphatic rings. The van der Waals surface area contributed by atoms with E-state index in [9.17, 15) is 4.79 Å². The second-order valence-electron chi connectivity index (χ2n) is 3.88. The summed E-state index contributed by atoms with van der Waals surface area (Å²) in [6.45, 7) is 0.671. The average Bonchev–Trinajstić information content (AvgIpc) is 2.38. The first-order chi connectivity index (χ1) is 8.17. The molecule has 0 fully saturated rings. The van der Waals surface area contributed by atoms with E-state index in [1.807, 2.05) is 12.1 Å². The number of hydrogen-bond donors (Lipinski definition) is 1. The first kappa shape index (κ1) is 15.5. The summed E-state index contributed by atoms with van der Waals surface area (Å²) in [5.74, 6) is 0.671. The third-order valence-electron chi connectivity index (χ3n) is 2.96. The number of esters is 1. The Labute approximate surface area is 126 Å². The minimum atomic E-state index is -0.239. The van der Waals surface area contributed by atoms with Crippen molar-refractivity contribution in [2.75, 3.05) is 14.2 Å². The third-order valence-corrected chi connectivity index (χ3v) is 4.14. The lowest BCUT2D eigenvalue weighted by Crippen LogP contribution is -2.42. The molecule has 2 rings (SSSR count). The number of fused-ring (bicyclic) bond motifs is 1. The first-order valence-electron chi connectivity index (χ1n) is 5.32. The van der Waals surface area contributed by atoms with Gasteiger partial charge in [0.05, 0.1) is 17.8 Å². The molecule has 0 unspecified atom stereocenters. The summed E-state index contributed by atoms with van der Waals surface area (Å²) in [6.07, 6.45) is 0.669. The number of halogens is 2. The Morgan fingerprint density at radius 1 is 1.44 bits per heavy atom. The van der Waals surface area contributed by atoms with Gasteiger partial charge in [0.15, 0.2) is 0 Å². The second-order valence-corrected chi connectivity index (χ2v) is 4.96. The van der Waals surface area contributed by atoms with Crippen LogP contribution in [-0.2, 0) is 22.5 Å². The van der Waals surface area contributed by atoms with Crippen LogP contribution in [0.4, 0.5) is 0 Å². The molecule has 0 aliphatic carbocycles. The van der Waals surface area contributed by atoms with Crippen molar-refractivity contribution in [3.8, 4) is 5.75 Å². The normalized spacial score (nSPS) is 17.4. The maximum Gasteiger partial charge on any atom is 0.323 e. The van der Waals surface area contributed by atoms with Gasteiger partial charge < -0.3 is 9.47 Å². The molecule has 6 heteroatoms. The Bertz CT molecular complexity index is 453. The molecule has 1 heterocycles. The monoisotopic (exact) mass is 383 g/mol. The van der Waals surface area contributed by atoms with Gasteiger partial charge in [-0.1, -0.05) is 6.07 Å². The van der Waals surface area contributed by atoms with Gasteiger partial charge in [-0.3, -0.25) is 10.1 Å². The maximum atomic E-state index is 11.5. The van der Waals surface area contributed by atoms with Crippen LogP contribution in [-0.4, -0.2) is 26.2 Å². The zero-order valence-corrected chi connectivity index (χ0v) is 13.1. The summed E-state index contributed by atoms with van der Waals surface area (Å²) in [5.41, 5.74) is 2.40. The zero-order valence-electron chi connectivity index (χ0n) is 10.2. The van der Waals surface area contributed by atoms with Crippen molar-refractivity contribution >= 4 is 41.0 Å². The molecule has 0 spiro atoms. The molecule has 1 atom stereocenters. The molecule has 0 radical (unpaired) electrons. The van der Waals surface area contributed by atoms with E-state index in [0.717, 1.165) is 9.32 Å². The third kappa shape index (κ3) is 2.89. The SMILES string of the molecule is COC(=O)[C@@H]1Cc2ccc(OC)c(I)c2CN1.Cl. The van der Waals surface area contributed by atoms with Gasteiger partial charge in [0, 0.05) is 6.54 Å². The molecular weight excluding hydrogens is 368 g/mol. The van der Waals surface area contributed by atoms with Crippen LogP contribution in [0.15, 0.2) is 12.1 Å². The van der Waals surface area contributed by atoms with E-state index >= 15 is 0 Å². The predicted octanol–water partition coefficient (Wildman–Crippen LogP) is 1.91. The summed E-state index contributed by atoms with van der Waals surface area (Å²) >= 11 is 2.28. The van der Waals surface area contributed by atoms with E-state index in [2.05, 4.69) is 27.9 Å². The fourth-order valence-corrected chi connectivity index (χ4v) is 2.94. The summed E-state index contributed by atoms with van der Waals surface area (Å²) in [4.78, 5) is 11.5. The molecule has 1 aromatic carbocycles. The topological polar surface area (TPSA) is 47.6 Å². The smallest absolute Gasteiger partial charge is 0.323 e. The fourth-order valence-electron chi connectivity index (χ4n) is 2.01. The molecule has 0 saturated carbocycles. The lowest BCUT2D eigenvalue weighted by atomic mass is 9.95. The van der Waals surface area contributed by atoms with Crippen molar-refractivity contribution < 1.29 is 14.3 Å². The first-order valence-corrected chi connectivity index (χ1v) is 6.40. The highest BCUT2D eigenvalue weighted by Crippen LogP contribution is 2.30. The molecule has 0 bridgehead atoms. The molecule has 1 N–H and O–H groups in total. The fraction of sp³-hybridized carbons (Fsp3) is 0.417. The van der Waals surface area contributed by atoms with Crippen LogP contribution in [0.1, 0.15) is 11.1 Å². The Balaban J connectivity index is 0.00000162. The van der Waals surface area contributed by atoms with Crippen molar-refractivity contribution in [1.82, 2.24) is 5.32 Å². The van der Waals surface area contributed by atoms with E-state index in [4.69, 9.17) is 9.47 Å². The number of ether oxygens (including phenoxy) is 2. The van der Waals surface area contributed by atoms with E-state index in [1.165, 1.54) is 18.2 Å². The van der Waals surface area contributed by atoms with Crippen molar-refractivity contribution in [1.29, 1.82) is 0 Å². The van der Waals surface area contributed by atoms with Crippen LogP contribution < -0.4 is 10.1 Å². The molecule has 0 amide bonds. The molecule has 1 aliphatic heterocycles. The number of benzene rings is 1. The molecule has 18 heavy (non-hydrogen) atoms. The van der Waals surface area contributed by atoms with Crippen LogP contribution >= 0.6 is 35.0 Å². The van der Waals surface area contributed by atoms with Crippen molar-refractivity contribution in [2.45, 2.75) is 19.0 Å². The largest absolute Gasteiger partial charge is 0.496 e. The van der Waals surface area contributed by atoms with Crippen LogP contribution in [0.25, 0.3) is 0 Å². The number of rotatable bonds is 2. The number of carbonyl (C=O) groups excluding carboxylic acids is 1. The van der Waals surface area contributed by atoms with Gasteiger partial charge in [-0.25, -0.2) is 0 Å². The lowest BCUT2D eigenvalue weighted by Gasteiger charge is -2.25. The van der Waals surface area contributed by atoms with Crippen LogP contribution in [0, 0.1) is 3.57 Å². The minimum absolute atomic E-state index is 0. The van der Waals surface area contributed by atoms with E-state index < -0.39 is 0 Å². The van der Waals surface area contributed by atoms with Crippen molar-refractivity contribution in [3.05, 3.63) is 26.8 Å². The van der Waals surface area contributed by atoms with Gasteiger partial charge in [0.25, 0.3) is 0 Å². The number of carbonyl (C=O) groups is 1. The summed E-state index contributed by atoms with van der Waals surface area (Å²) in [7, 11) is 3.08. The van der Waals surface area contributed by atoms with Gasteiger partial charge in [-0.05, 0) is 46.2 Å². The Hall–Kier alpha value is -0.530. The standard InChI is InChI=1S/C12H14INO3.ClH/c1-16-10-4-3-7-5-9(12(15)17-2)14-6-8(7)11(10)13;/h3-4,9,14H,5-6H2,1-2H3;1H/t9-;/m0./s1.